The van der Waals surface area contributed by atoms with Gasteiger partial charge in [-0.1, -0.05) is 59.7 Å². The topological polar surface area (TPSA) is 49.4 Å². The van der Waals surface area contributed by atoms with Crippen molar-refractivity contribution in [3.05, 3.63) is 70.8 Å². The van der Waals surface area contributed by atoms with Crippen molar-refractivity contribution in [1.82, 2.24) is 10.2 Å². The van der Waals surface area contributed by atoms with Crippen LogP contribution in [-0.2, 0) is 22.6 Å². The maximum atomic E-state index is 13.0. The SMILES string of the molecule is CCNC(=O)C(C)N(Cc1ccc(C)cc1)C(=O)Cc1ccc(C)cc1. The van der Waals surface area contributed by atoms with E-state index in [1.165, 1.54) is 5.56 Å². The van der Waals surface area contributed by atoms with Gasteiger partial charge in [0.2, 0.25) is 11.8 Å². The Morgan fingerprint density at radius 3 is 1.92 bits per heavy atom. The first-order valence-corrected chi connectivity index (χ1v) is 9.09. The molecule has 0 spiro atoms. The van der Waals surface area contributed by atoms with E-state index in [0.29, 0.717) is 13.1 Å². The first kappa shape index (κ1) is 19.7. The highest BCUT2D eigenvalue weighted by molar-refractivity contribution is 5.88. The smallest absolute Gasteiger partial charge is 0.242 e. The Kier molecular flexibility index (Phi) is 6.96. The highest BCUT2D eigenvalue weighted by Gasteiger charge is 2.25. The summed E-state index contributed by atoms with van der Waals surface area (Å²) in [4.78, 5) is 27.0. The maximum absolute atomic E-state index is 13.0. The first-order valence-electron chi connectivity index (χ1n) is 9.09. The molecule has 0 radical (unpaired) electrons. The van der Waals surface area contributed by atoms with Crippen LogP contribution in [0.15, 0.2) is 48.5 Å². The van der Waals surface area contributed by atoms with Crippen molar-refractivity contribution in [2.24, 2.45) is 0 Å². The fourth-order valence-electron chi connectivity index (χ4n) is 2.78. The lowest BCUT2D eigenvalue weighted by atomic mass is 10.1. The molecular weight excluding hydrogens is 324 g/mol. The zero-order valence-corrected chi connectivity index (χ0v) is 16.1. The summed E-state index contributed by atoms with van der Waals surface area (Å²) < 4.78 is 0. The van der Waals surface area contributed by atoms with Crippen LogP contribution in [0.1, 0.15) is 36.1 Å². The van der Waals surface area contributed by atoms with E-state index in [-0.39, 0.29) is 18.2 Å². The van der Waals surface area contributed by atoms with Crippen LogP contribution in [0.25, 0.3) is 0 Å². The molecule has 0 bridgehead atoms. The molecular formula is C22H28N2O2. The molecule has 0 fully saturated rings. The van der Waals surface area contributed by atoms with Crippen molar-refractivity contribution in [2.75, 3.05) is 6.54 Å². The lowest BCUT2D eigenvalue weighted by molar-refractivity contribution is -0.140. The lowest BCUT2D eigenvalue weighted by Gasteiger charge is -2.29. The fourth-order valence-corrected chi connectivity index (χ4v) is 2.78. The van der Waals surface area contributed by atoms with E-state index < -0.39 is 6.04 Å². The predicted octanol–water partition coefficient (Wildman–Crippen LogP) is 3.40. The number of likely N-dealkylation sites (N-methyl/N-ethyl adjacent to an activating group) is 1. The normalized spacial score (nSPS) is 11.7. The van der Waals surface area contributed by atoms with Crippen LogP contribution in [0.3, 0.4) is 0 Å². The number of carbonyl (C=O) groups is 2. The molecule has 2 aromatic rings. The third kappa shape index (κ3) is 5.45. The van der Waals surface area contributed by atoms with Gasteiger partial charge in [-0.25, -0.2) is 0 Å². The Balaban J connectivity index is 2.20. The number of aryl methyl sites for hydroxylation is 2. The van der Waals surface area contributed by atoms with Crippen LogP contribution < -0.4 is 5.32 Å². The minimum atomic E-state index is -0.519. The largest absolute Gasteiger partial charge is 0.355 e. The van der Waals surface area contributed by atoms with Gasteiger partial charge < -0.3 is 10.2 Å². The summed E-state index contributed by atoms with van der Waals surface area (Å²) in [6.07, 6.45) is 0.288. The second kappa shape index (κ2) is 9.18. The number of carbonyl (C=O) groups excluding carboxylic acids is 2. The van der Waals surface area contributed by atoms with Crippen LogP contribution in [0.2, 0.25) is 0 Å². The third-order valence-corrected chi connectivity index (χ3v) is 4.47. The number of amides is 2. The summed E-state index contributed by atoms with van der Waals surface area (Å²) in [6, 6.07) is 15.5. The molecule has 26 heavy (non-hydrogen) atoms. The van der Waals surface area contributed by atoms with Crippen LogP contribution in [-0.4, -0.2) is 29.3 Å². The second-order valence-electron chi connectivity index (χ2n) is 6.74. The van der Waals surface area contributed by atoms with Crippen molar-refractivity contribution in [3.8, 4) is 0 Å². The Labute approximate surface area is 156 Å². The summed E-state index contributed by atoms with van der Waals surface area (Å²) in [5.74, 6) is -0.176. The van der Waals surface area contributed by atoms with E-state index in [2.05, 4.69) is 5.32 Å². The van der Waals surface area contributed by atoms with Crippen LogP contribution in [0.4, 0.5) is 0 Å². The highest BCUT2D eigenvalue weighted by atomic mass is 16.2. The summed E-state index contributed by atoms with van der Waals surface area (Å²) in [6.45, 7) is 8.68. The van der Waals surface area contributed by atoms with E-state index in [0.717, 1.165) is 16.7 Å². The van der Waals surface area contributed by atoms with Gasteiger partial charge in [-0.2, -0.15) is 0 Å². The molecule has 1 atom stereocenters. The Bertz CT molecular complexity index is 736. The summed E-state index contributed by atoms with van der Waals surface area (Å²) in [5.41, 5.74) is 4.30. The van der Waals surface area contributed by atoms with Gasteiger partial charge in [-0.15, -0.1) is 0 Å². The van der Waals surface area contributed by atoms with Gasteiger partial charge in [0.05, 0.1) is 6.42 Å². The van der Waals surface area contributed by atoms with Crippen molar-refractivity contribution >= 4 is 11.8 Å². The molecule has 138 valence electrons. The molecule has 4 nitrogen and oxygen atoms in total. The minimum Gasteiger partial charge on any atom is -0.355 e. The number of benzene rings is 2. The minimum absolute atomic E-state index is 0.0480. The average molecular weight is 352 g/mol. The molecule has 2 amide bonds. The van der Waals surface area contributed by atoms with Crippen LogP contribution in [0.5, 0.6) is 0 Å². The van der Waals surface area contributed by atoms with Gasteiger partial charge in [0.25, 0.3) is 0 Å². The van der Waals surface area contributed by atoms with Gasteiger partial charge in [-0.05, 0) is 38.8 Å². The van der Waals surface area contributed by atoms with Crippen molar-refractivity contribution in [3.63, 3.8) is 0 Å². The average Bonchev–Trinajstić information content (AvgIpc) is 2.62. The zero-order valence-electron chi connectivity index (χ0n) is 16.1. The summed E-state index contributed by atoms with van der Waals surface area (Å²) in [5, 5.41) is 2.81. The standard InChI is InChI=1S/C22H28N2O2/c1-5-23-22(26)18(4)24(15-20-12-8-17(3)9-13-20)21(25)14-19-10-6-16(2)7-11-19/h6-13,18H,5,14-15H2,1-4H3,(H,23,26). The van der Waals surface area contributed by atoms with E-state index >= 15 is 0 Å². The number of hydrogen-bond acceptors (Lipinski definition) is 2. The predicted molar refractivity (Wildman–Crippen MR) is 105 cm³/mol. The van der Waals surface area contributed by atoms with Gasteiger partial charge >= 0.3 is 0 Å². The molecule has 0 aliphatic carbocycles. The molecule has 0 aromatic heterocycles. The molecule has 0 saturated heterocycles. The van der Waals surface area contributed by atoms with Crippen LogP contribution >= 0.6 is 0 Å². The summed E-state index contributed by atoms with van der Waals surface area (Å²) in [7, 11) is 0. The molecule has 0 heterocycles. The molecule has 2 aromatic carbocycles. The quantitative estimate of drug-likeness (QED) is 0.830. The molecule has 0 saturated carbocycles. The molecule has 0 aliphatic heterocycles. The second-order valence-corrected chi connectivity index (χ2v) is 6.74. The van der Waals surface area contributed by atoms with E-state index in [1.54, 1.807) is 11.8 Å². The van der Waals surface area contributed by atoms with E-state index in [9.17, 15) is 9.59 Å². The Morgan fingerprint density at radius 1 is 0.923 bits per heavy atom. The molecule has 1 unspecified atom stereocenters. The Hall–Kier alpha value is -2.62. The number of nitrogens with one attached hydrogen (secondary N) is 1. The van der Waals surface area contributed by atoms with Crippen molar-refractivity contribution < 1.29 is 9.59 Å². The molecule has 1 N–H and O–H groups in total. The third-order valence-electron chi connectivity index (χ3n) is 4.47. The highest BCUT2D eigenvalue weighted by Crippen LogP contribution is 2.14. The summed E-state index contributed by atoms with van der Waals surface area (Å²) >= 11 is 0. The van der Waals surface area contributed by atoms with Crippen molar-refractivity contribution in [1.29, 1.82) is 0 Å². The van der Waals surface area contributed by atoms with Gasteiger partial charge in [-0.3, -0.25) is 9.59 Å². The van der Waals surface area contributed by atoms with Gasteiger partial charge in [0, 0.05) is 13.1 Å². The number of hydrogen-bond donors (Lipinski definition) is 1. The monoisotopic (exact) mass is 352 g/mol. The molecule has 0 aliphatic rings. The zero-order chi connectivity index (χ0) is 19.1. The number of rotatable bonds is 7. The lowest BCUT2D eigenvalue weighted by Crippen LogP contribution is -2.48. The van der Waals surface area contributed by atoms with E-state index in [4.69, 9.17) is 0 Å². The van der Waals surface area contributed by atoms with Gasteiger partial charge in [0.15, 0.2) is 0 Å². The molecule has 4 heteroatoms. The maximum Gasteiger partial charge on any atom is 0.242 e. The molecule has 2 rings (SSSR count). The van der Waals surface area contributed by atoms with E-state index in [1.807, 2.05) is 69.3 Å². The Morgan fingerprint density at radius 2 is 1.42 bits per heavy atom. The first-order chi connectivity index (χ1) is 12.4. The van der Waals surface area contributed by atoms with Crippen molar-refractivity contribution in [2.45, 2.75) is 46.7 Å². The number of nitrogens with zero attached hydrogens (tertiary/aromatic N) is 1. The van der Waals surface area contributed by atoms with Crippen LogP contribution in [0, 0.1) is 13.8 Å². The fraction of sp³-hybridized carbons (Fsp3) is 0.364. The van der Waals surface area contributed by atoms with Gasteiger partial charge in [0.1, 0.15) is 6.04 Å².